The molecule has 0 saturated carbocycles. The van der Waals surface area contributed by atoms with Crippen molar-refractivity contribution in [1.82, 2.24) is 9.13 Å². The molecule has 12 rings (SSSR count). The Labute approximate surface area is 379 Å². The molecule has 2 aromatic heterocycles. The standard InChI is InChI=1S/C28H20N2.C18H13BNO2.C10H8BrN/c29-26-16-15-21(22-10-4-5-11-23(22)26)19-14-17-28-25(18-19)24-12-6-7-13-27(24)30(28)20-8-2-1-3-9-20;21-19-22-14-10-11-18-16(12-14)15-8-4-5-9-17(15)20(18)13-6-2-1-3-7-13;11-9-5-6-10(12)8-4-2-1-3-7(8)9/h1-18H,29H2;1-12,21H;1-6H,12H2. The molecular weight excluding hydrogens is 851 g/mol. The summed E-state index contributed by atoms with van der Waals surface area (Å²) in [5.41, 5.74) is 23.1. The lowest BCUT2D eigenvalue weighted by Gasteiger charge is -2.10. The lowest BCUT2D eigenvalue weighted by Crippen LogP contribution is -1.99. The second-order valence-corrected chi connectivity index (χ2v) is 16.3. The molecule has 0 atom stereocenters. The van der Waals surface area contributed by atoms with Crippen LogP contribution in [0.2, 0.25) is 0 Å². The Bertz CT molecular complexity index is 3590. The SMILES string of the molecule is Nc1ccc(-c2ccc3c(c2)c2ccccc2n3-c2ccccc2)c2ccccc12.Nc1ccc(Br)c2ccccc12.O[B]Oc1ccc2c(c1)c1ccccc1n2-c1ccccc1. The third kappa shape index (κ3) is 7.49. The van der Waals surface area contributed by atoms with Crippen LogP contribution >= 0.6 is 15.9 Å². The van der Waals surface area contributed by atoms with E-state index in [0.29, 0.717) is 13.4 Å². The van der Waals surface area contributed by atoms with Gasteiger partial charge in [-0.3, -0.25) is 0 Å². The van der Waals surface area contributed by atoms with Crippen molar-refractivity contribution < 1.29 is 9.68 Å². The van der Waals surface area contributed by atoms with E-state index in [1.54, 1.807) is 0 Å². The summed E-state index contributed by atoms with van der Waals surface area (Å²) in [5, 5.41) is 18.2. The van der Waals surface area contributed by atoms with E-state index in [1.165, 1.54) is 44.0 Å². The molecule has 307 valence electrons. The van der Waals surface area contributed by atoms with Gasteiger partial charge in [-0.1, -0.05) is 149 Å². The van der Waals surface area contributed by atoms with Crippen molar-refractivity contribution in [3.63, 3.8) is 0 Å². The monoisotopic (exact) mass is 891 g/mol. The molecule has 2 heterocycles. The number of rotatable bonds is 5. The summed E-state index contributed by atoms with van der Waals surface area (Å²) in [7, 11) is 0.706. The quantitative estimate of drug-likeness (QED) is 0.119. The van der Waals surface area contributed by atoms with Crippen molar-refractivity contribution in [2.45, 2.75) is 0 Å². The van der Waals surface area contributed by atoms with Crippen molar-refractivity contribution in [2.24, 2.45) is 0 Å². The third-order valence-corrected chi connectivity index (χ3v) is 12.4. The maximum atomic E-state index is 8.84. The number of nitrogens with two attached hydrogens (primary N) is 2. The van der Waals surface area contributed by atoms with Crippen LogP contribution in [0.3, 0.4) is 0 Å². The van der Waals surface area contributed by atoms with Crippen LogP contribution in [0.4, 0.5) is 11.4 Å². The lowest BCUT2D eigenvalue weighted by atomic mass is 9.96. The van der Waals surface area contributed by atoms with E-state index in [9.17, 15) is 0 Å². The van der Waals surface area contributed by atoms with E-state index >= 15 is 0 Å². The molecule has 12 aromatic rings. The first-order valence-corrected chi connectivity index (χ1v) is 21.8. The highest BCUT2D eigenvalue weighted by atomic mass is 79.9. The van der Waals surface area contributed by atoms with Crippen LogP contribution in [0, 0.1) is 0 Å². The van der Waals surface area contributed by atoms with Gasteiger partial charge in [-0.25, -0.2) is 0 Å². The van der Waals surface area contributed by atoms with Crippen molar-refractivity contribution >= 4 is 100 Å². The van der Waals surface area contributed by atoms with Gasteiger partial charge in [-0.2, -0.15) is 0 Å². The van der Waals surface area contributed by atoms with Crippen LogP contribution in [-0.4, -0.2) is 21.8 Å². The third-order valence-electron chi connectivity index (χ3n) is 11.7. The Morgan fingerprint density at radius 2 is 0.828 bits per heavy atom. The van der Waals surface area contributed by atoms with Gasteiger partial charge in [0.1, 0.15) is 5.75 Å². The van der Waals surface area contributed by atoms with E-state index < -0.39 is 0 Å². The molecular formula is C56H41BBrN4O2. The van der Waals surface area contributed by atoms with E-state index in [4.69, 9.17) is 21.1 Å². The first kappa shape index (κ1) is 40.3. The fraction of sp³-hybridized carbons (Fsp3) is 0. The molecule has 0 aliphatic rings. The molecule has 0 saturated heterocycles. The number of nitrogens with zero attached hydrogens (tertiary/aromatic N) is 2. The molecule has 0 aliphatic carbocycles. The van der Waals surface area contributed by atoms with Crippen LogP contribution < -0.4 is 16.1 Å². The minimum absolute atomic E-state index is 0.617. The number of hydrogen-bond donors (Lipinski definition) is 3. The average molecular weight is 893 g/mol. The Morgan fingerprint density at radius 1 is 0.391 bits per heavy atom. The highest BCUT2D eigenvalue weighted by Gasteiger charge is 2.15. The summed E-state index contributed by atoms with van der Waals surface area (Å²) in [4.78, 5) is 0. The van der Waals surface area contributed by atoms with Gasteiger partial charge in [0, 0.05) is 59.5 Å². The molecule has 10 aromatic carbocycles. The predicted octanol–water partition coefficient (Wildman–Crippen LogP) is 14.1. The first-order valence-electron chi connectivity index (χ1n) is 21.0. The highest BCUT2D eigenvalue weighted by Crippen LogP contribution is 2.38. The summed E-state index contributed by atoms with van der Waals surface area (Å²) < 4.78 is 10.8. The van der Waals surface area contributed by atoms with Crippen LogP contribution in [0.15, 0.2) is 223 Å². The molecule has 6 nitrogen and oxygen atoms in total. The van der Waals surface area contributed by atoms with E-state index in [1.807, 2.05) is 91.0 Å². The first-order chi connectivity index (χ1) is 31.5. The number of anilines is 2. The van der Waals surface area contributed by atoms with Gasteiger partial charge in [0.15, 0.2) is 0 Å². The minimum atomic E-state index is 0.617. The van der Waals surface area contributed by atoms with Crippen LogP contribution in [0.5, 0.6) is 5.75 Å². The maximum Gasteiger partial charge on any atom is 0.569 e. The zero-order chi connectivity index (χ0) is 43.6. The second kappa shape index (κ2) is 17.5. The van der Waals surface area contributed by atoms with Gasteiger partial charge < -0.3 is 30.3 Å². The van der Waals surface area contributed by atoms with Crippen LogP contribution in [-0.2, 0) is 0 Å². The smallest absolute Gasteiger partial charge is 0.537 e. The summed E-state index contributed by atoms with van der Waals surface area (Å²) >= 11 is 3.48. The molecule has 0 amide bonds. The van der Waals surface area contributed by atoms with Gasteiger partial charge in [0.05, 0.1) is 22.1 Å². The van der Waals surface area contributed by atoms with Gasteiger partial charge in [0.25, 0.3) is 0 Å². The van der Waals surface area contributed by atoms with Crippen LogP contribution in [0.25, 0.3) is 87.7 Å². The largest absolute Gasteiger partial charge is 0.569 e. The zero-order valence-corrected chi connectivity index (χ0v) is 36.2. The number of benzene rings is 10. The molecule has 0 aliphatic heterocycles. The summed E-state index contributed by atoms with van der Waals surface area (Å²) in [6.45, 7) is 0. The number of para-hydroxylation sites is 4. The van der Waals surface area contributed by atoms with Crippen molar-refractivity contribution in [3.05, 3.63) is 223 Å². The Hall–Kier alpha value is -7.78. The zero-order valence-electron chi connectivity index (χ0n) is 34.6. The summed E-state index contributed by atoms with van der Waals surface area (Å²) in [6, 6.07) is 74.8. The molecule has 8 heteroatoms. The number of aromatic nitrogens is 2. The van der Waals surface area contributed by atoms with E-state index in [-0.39, 0.29) is 0 Å². The number of nitrogen functional groups attached to an aromatic ring is 2. The van der Waals surface area contributed by atoms with Crippen molar-refractivity contribution in [3.8, 4) is 28.3 Å². The Balaban J connectivity index is 0.000000124. The highest BCUT2D eigenvalue weighted by molar-refractivity contribution is 9.10. The van der Waals surface area contributed by atoms with Gasteiger partial charge in [-0.05, 0) is 107 Å². The van der Waals surface area contributed by atoms with Gasteiger partial charge in [-0.15, -0.1) is 0 Å². The lowest BCUT2D eigenvalue weighted by molar-refractivity contribution is 0.454. The fourth-order valence-corrected chi connectivity index (χ4v) is 9.27. The van der Waals surface area contributed by atoms with Crippen molar-refractivity contribution in [1.29, 1.82) is 0 Å². The molecule has 0 bridgehead atoms. The average Bonchev–Trinajstić information content (AvgIpc) is 3.86. The topological polar surface area (TPSA) is 91.4 Å². The Morgan fingerprint density at radius 3 is 1.39 bits per heavy atom. The normalized spacial score (nSPS) is 11.1. The number of fused-ring (bicyclic) bond motifs is 8. The molecule has 0 spiro atoms. The molecule has 5 N–H and O–H groups in total. The van der Waals surface area contributed by atoms with Gasteiger partial charge in [0.2, 0.25) is 0 Å². The fourth-order valence-electron chi connectivity index (χ4n) is 8.80. The molecule has 0 fully saturated rings. The predicted molar refractivity (Wildman–Crippen MR) is 274 cm³/mol. The minimum Gasteiger partial charge on any atom is -0.537 e. The maximum absolute atomic E-state index is 8.84. The van der Waals surface area contributed by atoms with Gasteiger partial charge >= 0.3 is 7.69 Å². The number of hydrogen-bond acceptors (Lipinski definition) is 4. The summed E-state index contributed by atoms with van der Waals surface area (Å²) in [6.07, 6.45) is 0. The van der Waals surface area contributed by atoms with Crippen LogP contribution in [0.1, 0.15) is 0 Å². The molecule has 0 unspecified atom stereocenters. The molecule has 64 heavy (non-hydrogen) atoms. The second-order valence-electron chi connectivity index (χ2n) is 15.4. The molecule has 1 radical (unpaired) electrons. The Kier molecular flexibility index (Phi) is 11.0. The van der Waals surface area contributed by atoms with Crippen molar-refractivity contribution in [2.75, 3.05) is 11.5 Å². The van der Waals surface area contributed by atoms with E-state index in [2.05, 4.69) is 152 Å². The summed E-state index contributed by atoms with van der Waals surface area (Å²) in [5.74, 6) is 0.617. The number of halogens is 1. The van der Waals surface area contributed by atoms with E-state index in [0.717, 1.165) is 59.5 Å².